The summed E-state index contributed by atoms with van der Waals surface area (Å²) in [5.41, 5.74) is 1.69. The molecular formula is C15H16ClFN2O. The minimum atomic E-state index is -0.418. The number of nitrogens with one attached hydrogen (secondary N) is 1. The van der Waals surface area contributed by atoms with Gasteiger partial charge >= 0.3 is 0 Å². The number of hydrogen-bond acceptors (Lipinski definition) is 3. The first kappa shape index (κ1) is 14.6. The molecule has 1 unspecified atom stereocenters. The Morgan fingerprint density at radius 2 is 2.20 bits per heavy atom. The van der Waals surface area contributed by atoms with E-state index < -0.39 is 5.82 Å². The molecule has 5 heteroatoms. The van der Waals surface area contributed by atoms with Crippen LogP contribution in [0.4, 0.5) is 10.1 Å². The summed E-state index contributed by atoms with van der Waals surface area (Å²) in [6, 6.07) is 8.36. The third-order valence-electron chi connectivity index (χ3n) is 2.87. The maximum atomic E-state index is 13.2. The number of ether oxygens (including phenoxy) is 1. The number of pyridine rings is 1. The lowest BCUT2D eigenvalue weighted by Crippen LogP contribution is -2.09. The van der Waals surface area contributed by atoms with Gasteiger partial charge in [-0.25, -0.2) is 9.37 Å². The van der Waals surface area contributed by atoms with Gasteiger partial charge in [0, 0.05) is 12.2 Å². The van der Waals surface area contributed by atoms with Crippen LogP contribution in [0.3, 0.4) is 0 Å². The van der Waals surface area contributed by atoms with Gasteiger partial charge in [0.25, 0.3) is 0 Å². The number of anilines is 1. The first-order valence-electron chi connectivity index (χ1n) is 6.41. The predicted octanol–water partition coefficient (Wildman–Crippen LogP) is 4.45. The molecule has 0 saturated carbocycles. The zero-order valence-electron chi connectivity index (χ0n) is 11.4. The van der Waals surface area contributed by atoms with E-state index in [4.69, 9.17) is 16.3 Å². The molecule has 0 amide bonds. The Morgan fingerprint density at radius 3 is 2.90 bits per heavy atom. The molecule has 0 spiro atoms. The average molecular weight is 295 g/mol. The second-order valence-corrected chi connectivity index (χ2v) is 4.74. The zero-order valence-corrected chi connectivity index (χ0v) is 12.1. The molecule has 1 atom stereocenters. The van der Waals surface area contributed by atoms with Crippen LogP contribution in [-0.2, 0) is 0 Å². The monoisotopic (exact) mass is 294 g/mol. The Kier molecular flexibility index (Phi) is 4.79. The molecule has 0 aliphatic rings. The molecule has 2 rings (SSSR count). The quantitative estimate of drug-likeness (QED) is 0.885. The second kappa shape index (κ2) is 6.57. The average Bonchev–Trinajstić information content (AvgIpc) is 2.44. The highest BCUT2D eigenvalue weighted by atomic mass is 35.5. The highest BCUT2D eigenvalue weighted by molar-refractivity contribution is 6.30. The molecule has 0 aliphatic carbocycles. The summed E-state index contributed by atoms with van der Waals surface area (Å²) in [7, 11) is 0. The molecule has 0 radical (unpaired) electrons. The fraction of sp³-hybridized carbons (Fsp3) is 0.267. The van der Waals surface area contributed by atoms with Gasteiger partial charge in [-0.2, -0.15) is 0 Å². The lowest BCUT2D eigenvalue weighted by atomic mass is 10.1. The highest BCUT2D eigenvalue weighted by Crippen LogP contribution is 2.27. The van der Waals surface area contributed by atoms with Crippen molar-refractivity contribution in [2.45, 2.75) is 19.9 Å². The van der Waals surface area contributed by atoms with Crippen LogP contribution in [0.2, 0.25) is 5.02 Å². The summed E-state index contributed by atoms with van der Waals surface area (Å²) in [4.78, 5) is 4.18. The molecule has 1 heterocycles. The maximum Gasteiger partial charge on any atom is 0.237 e. The number of nitrogens with zero attached hydrogens (tertiary/aromatic N) is 1. The zero-order chi connectivity index (χ0) is 14.5. The van der Waals surface area contributed by atoms with Crippen molar-refractivity contribution in [1.82, 2.24) is 4.98 Å². The summed E-state index contributed by atoms with van der Waals surface area (Å²) in [6.45, 7) is 4.41. The molecule has 20 heavy (non-hydrogen) atoms. The molecule has 2 aromatic rings. The Bertz CT molecular complexity index is 592. The van der Waals surface area contributed by atoms with Crippen LogP contribution >= 0.6 is 11.6 Å². The fourth-order valence-electron chi connectivity index (χ4n) is 1.85. The van der Waals surface area contributed by atoms with Crippen molar-refractivity contribution in [3.05, 3.63) is 52.9 Å². The van der Waals surface area contributed by atoms with E-state index in [1.165, 1.54) is 6.07 Å². The van der Waals surface area contributed by atoms with Gasteiger partial charge in [-0.05, 0) is 43.7 Å². The van der Waals surface area contributed by atoms with Crippen LogP contribution < -0.4 is 10.1 Å². The van der Waals surface area contributed by atoms with E-state index in [1.54, 1.807) is 18.3 Å². The first-order chi connectivity index (χ1) is 9.61. The molecule has 0 bridgehead atoms. The van der Waals surface area contributed by atoms with E-state index in [9.17, 15) is 4.39 Å². The number of aromatic nitrogens is 1. The van der Waals surface area contributed by atoms with Crippen LogP contribution in [0.5, 0.6) is 5.88 Å². The first-order valence-corrected chi connectivity index (χ1v) is 6.79. The highest BCUT2D eigenvalue weighted by Gasteiger charge is 2.11. The standard InChI is InChI=1S/C15H16ClFN2O/c1-3-20-15-14(5-4-8-18-15)19-10(2)11-6-7-13(17)12(16)9-11/h4-10,19H,3H2,1-2H3. The minimum Gasteiger partial charge on any atom is -0.476 e. The van der Waals surface area contributed by atoms with Gasteiger partial charge in [0.1, 0.15) is 5.82 Å². The van der Waals surface area contributed by atoms with E-state index in [-0.39, 0.29) is 11.1 Å². The Labute approximate surface area is 122 Å². The van der Waals surface area contributed by atoms with Gasteiger partial charge in [0.2, 0.25) is 5.88 Å². The topological polar surface area (TPSA) is 34.1 Å². The number of benzene rings is 1. The van der Waals surface area contributed by atoms with Crippen LogP contribution in [0.15, 0.2) is 36.5 Å². The minimum absolute atomic E-state index is 0.0449. The predicted molar refractivity (Wildman–Crippen MR) is 78.9 cm³/mol. The summed E-state index contributed by atoms with van der Waals surface area (Å²) in [5.74, 6) is 0.133. The van der Waals surface area contributed by atoms with Crippen LogP contribution in [0.25, 0.3) is 0 Å². The Balaban J connectivity index is 2.18. The van der Waals surface area contributed by atoms with Crippen molar-refractivity contribution in [2.24, 2.45) is 0 Å². The van der Waals surface area contributed by atoms with Gasteiger partial charge in [0.05, 0.1) is 17.3 Å². The summed E-state index contributed by atoms with van der Waals surface area (Å²) >= 11 is 5.80. The van der Waals surface area contributed by atoms with Crippen LogP contribution in [-0.4, -0.2) is 11.6 Å². The van der Waals surface area contributed by atoms with Crippen molar-refractivity contribution in [3.8, 4) is 5.88 Å². The molecular weight excluding hydrogens is 279 g/mol. The molecule has 1 aromatic carbocycles. The number of halogens is 2. The lowest BCUT2D eigenvalue weighted by molar-refractivity contribution is 0.328. The van der Waals surface area contributed by atoms with Gasteiger partial charge in [-0.1, -0.05) is 17.7 Å². The molecule has 106 valence electrons. The van der Waals surface area contributed by atoms with E-state index in [1.807, 2.05) is 26.0 Å². The van der Waals surface area contributed by atoms with Crippen molar-refractivity contribution in [1.29, 1.82) is 0 Å². The molecule has 0 aliphatic heterocycles. The summed E-state index contributed by atoms with van der Waals surface area (Å²) < 4.78 is 18.6. The van der Waals surface area contributed by atoms with Crippen LogP contribution in [0, 0.1) is 5.82 Å². The van der Waals surface area contributed by atoms with Gasteiger partial charge in [-0.15, -0.1) is 0 Å². The normalized spacial score (nSPS) is 12.0. The van der Waals surface area contributed by atoms with Crippen molar-refractivity contribution in [3.63, 3.8) is 0 Å². The van der Waals surface area contributed by atoms with Crippen molar-refractivity contribution < 1.29 is 9.13 Å². The number of hydrogen-bond donors (Lipinski definition) is 1. The molecule has 0 saturated heterocycles. The Hall–Kier alpha value is -1.81. The molecule has 1 aromatic heterocycles. The second-order valence-electron chi connectivity index (χ2n) is 4.33. The Morgan fingerprint density at radius 1 is 1.40 bits per heavy atom. The van der Waals surface area contributed by atoms with E-state index in [2.05, 4.69) is 10.3 Å². The number of rotatable bonds is 5. The molecule has 1 N–H and O–H groups in total. The van der Waals surface area contributed by atoms with Gasteiger partial charge < -0.3 is 10.1 Å². The smallest absolute Gasteiger partial charge is 0.237 e. The van der Waals surface area contributed by atoms with Gasteiger partial charge in [0.15, 0.2) is 0 Å². The van der Waals surface area contributed by atoms with E-state index in [0.29, 0.717) is 12.5 Å². The van der Waals surface area contributed by atoms with Crippen molar-refractivity contribution >= 4 is 17.3 Å². The fourth-order valence-corrected chi connectivity index (χ4v) is 2.04. The molecule has 0 fully saturated rings. The van der Waals surface area contributed by atoms with Gasteiger partial charge in [-0.3, -0.25) is 0 Å². The SMILES string of the molecule is CCOc1ncccc1NC(C)c1ccc(F)c(Cl)c1. The summed E-state index contributed by atoms with van der Waals surface area (Å²) in [5, 5.41) is 3.41. The third kappa shape index (κ3) is 3.39. The van der Waals surface area contributed by atoms with E-state index in [0.717, 1.165) is 11.3 Å². The van der Waals surface area contributed by atoms with Crippen LogP contribution in [0.1, 0.15) is 25.5 Å². The van der Waals surface area contributed by atoms with Crippen molar-refractivity contribution in [2.75, 3.05) is 11.9 Å². The maximum absolute atomic E-state index is 13.2. The van der Waals surface area contributed by atoms with E-state index >= 15 is 0 Å². The third-order valence-corrected chi connectivity index (χ3v) is 3.16. The lowest BCUT2D eigenvalue weighted by Gasteiger charge is -2.18. The summed E-state index contributed by atoms with van der Waals surface area (Å²) in [6.07, 6.45) is 1.68. The largest absolute Gasteiger partial charge is 0.476 e. The molecule has 3 nitrogen and oxygen atoms in total.